The minimum Gasteiger partial charge on any atom is -0.495 e. The van der Waals surface area contributed by atoms with Crippen LogP contribution in [-0.2, 0) is 6.54 Å². The van der Waals surface area contributed by atoms with Gasteiger partial charge in [-0.3, -0.25) is 9.78 Å². The van der Waals surface area contributed by atoms with Crippen LogP contribution in [0.3, 0.4) is 0 Å². The number of aromatic nitrogens is 1. The maximum atomic E-state index is 13.0. The molecule has 3 heterocycles. The molecule has 1 fully saturated rings. The van der Waals surface area contributed by atoms with Crippen LogP contribution >= 0.6 is 11.3 Å². The van der Waals surface area contributed by atoms with Crippen LogP contribution in [0.2, 0.25) is 0 Å². The molecule has 6 heteroatoms. The summed E-state index contributed by atoms with van der Waals surface area (Å²) in [6.07, 6.45) is 4.68. The second-order valence-corrected chi connectivity index (χ2v) is 6.64. The molecule has 1 amide bonds. The highest BCUT2D eigenvalue weighted by atomic mass is 32.1. The van der Waals surface area contributed by atoms with Crippen molar-refractivity contribution in [2.75, 3.05) is 26.7 Å². The summed E-state index contributed by atoms with van der Waals surface area (Å²) in [5.41, 5.74) is 1.04. The van der Waals surface area contributed by atoms with E-state index in [1.807, 2.05) is 34.7 Å². The van der Waals surface area contributed by atoms with Crippen LogP contribution in [0.4, 0.5) is 0 Å². The quantitative estimate of drug-likeness (QED) is 0.883. The molecule has 0 aromatic carbocycles. The molecule has 1 atom stereocenters. The smallest absolute Gasteiger partial charge is 0.268 e. The molecule has 5 nitrogen and oxygen atoms in total. The molecule has 1 N–H and O–H groups in total. The molecule has 1 saturated heterocycles. The molecular weight excluding hydrogens is 310 g/mol. The van der Waals surface area contributed by atoms with Crippen LogP contribution in [0, 0.1) is 5.92 Å². The Morgan fingerprint density at radius 1 is 1.52 bits per heavy atom. The Morgan fingerprint density at radius 3 is 3.13 bits per heavy atom. The topological polar surface area (TPSA) is 54.5 Å². The van der Waals surface area contributed by atoms with Crippen molar-refractivity contribution in [3.63, 3.8) is 0 Å². The summed E-state index contributed by atoms with van der Waals surface area (Å²) in [7, 11) is 1.60. The van der Waals surface area contributed by atoms with E-state index in [1.54, 1.807) is 13.3 Å². The van der Waals surface area contributed by atoms with Gasteiger partial charge in [0.05, 0.1) is 7.11 Å². The summed E-state index contributed by atoms with van der Waals surface area (Å²) in [4.78, 5) is 19.7. The minimum atomic E-state index is 0.0348. The molecule has 122 valence electrons. The van der Waals surface area contributed by atoms with Gasteiger partial charge in [0.15, 0.2) is 0 Å². The Kier molecular flexibility index (Phi) is 5.25. The largest absolute Gasteiger partial charge is 0.495 e. The van der Waals surface area contributed by atoms with E-state index in [1.165, 1.54) is 11.3 Å². The van der Waals surface area contributed by atoms with Crippen molar-refractivity contribution in [3.05, 3.63) is 46.4 Å². The zero-order valence-corrected chi connectivity index (χ0v) is 14.0. The molecule has 1 aliphatic rings. The lowest BCUT2D eigenvalue weighted by Crippen LogP contribution is -2.35. The summed E-state index contributed by atoms with van der Waals surface area (Å²) in [6, 6.07) is 5.75. The molecule has 23 heavy (non-hydrogen) atoms. The van der Waals surface area contributed by atoms with E-state index >= 15 is 0 Å². The number of methoxy groups -OCH3 is 1. The van der Waals surface area contributed by atoms with Gasteiger partial charge in [0.2, 0.25) is 0 Å². The first-order valence-corrected chi connectivity index (χ1v) is 8.66. The second kappa shape index (κ2) is 7.57. The zero-order valence-electron chi connectivity index (χ0n) is 13.2. The number of carbonyl (C=O) groups is 1. The summed E-state index contributed by atoms with van der Waals surface area (Å²) >= 11 is 1.43. The van der Waals surface area contributed by atoms with Crippen LogP contribution in [-0.4, -0.2) is 42.5 Å². The summed E-state index contributed by atoms with van der Waals surface area (Å²) in [5.74, 6) is 1.19. The second-order valence-electron chi connectivity index (χ2n) is 5.72. The number of carbonyl (C=O) groups excluding carboxylic acids is 1. The first-order chi connectivity index (χ1) is 11.3. The van der Waals surface area contributed by atoms with Gasteiger partial charge in [-0.15, -0.1) is 11.3 Å². The molecule has 0 aliphatic carbocycles. The standard InChI is InChI=1S/C17H21N3O2S/c1-22-15-5-8-23-16(15)17(21)20(12-14-4-7-19-10-14)11-13-3-2-6-18-9-13/h2-3,5-6,8-9,14,19H,4,7,10-12H2,1H3. The van der Waals surface area contributed by atoms with Crippen molar-refractivity contribution in [2.45, 2.75) is 13.0 Å². The van der Waals surface area contributed by atoms with Gasteiger partial charge < -0.3 is 15.0 Å². The lowest BCUT2D eigenvalue weighted by atomic mass is 10.1. The number of amides is 1. The van der Waals surface area contributed by atoms with E-state index in [0.29, 0.717) is 23.1 Å². The number of thiophene rings is 1. The predicted molar refractivity (Wildman–Crippen MR) is 90.8 cm³/mol. The van der Waals surface area contributed by atoms with E-state index in [-0.39, 0.29) is 5.91 Å². The van der Waals surface area contributed by atoms with Gasteiger partial charge in [-0.25, -0.2) is 0 Å². The number of hydrogen-bond acceptors (Lipinski definition) is 5. The number of nitrogens with one attached hydrogen (secondary N) is 1. The summed E-state index contributed by atoms with van der Waals surface area (Å²) in [5, 5.41) is 5.26. The summed E-state index contributed by atoms with van der Waals surface area (Å²) < 4.78 is 5.32. The molecular formula is C17H21N3O2S. The maximum Gasteiger partial charge on any atom is 0.268 e. The fourth-order valence-corrected chi connectivity index (χ4v) is 3.70. The highest BCUT2D eigenvalue weighted by Gasteiger charge is 2.25. The van der Waals surface area contributed by atoms with Gasteiger partial charge in [-0.05, 0) is 48.5 Å². The Bertz CT molecular complexity index is 638. The van der Waals surface area contributed by atoms with Gasteiger partial charge in [0.1, 0.15) is 10.6 Å². The number of nitrogens with zero attached hydrogens (tertiary/aromatic N) is 2. The van der Waals surface area contributed by atoms with Crippen LogP contribution in [0.1, 0.15) is 21.7 Å². The van der Waals surface area contributed by atoms with E-state index < -0.39 is 0 Å². The van der Waals surface area contributed by atoms with E-state index in [2.05, 4.69) is 10.3 Å². The third-order valence-electron chi connectivity index (χ3n) is 4.07. The van der Waals surface area contributed by atoms with Crippen LogP contribution in [0.25, 0.3) is 0 Å². The molecule has 2 aromatic heterocycles. The lowest BCUT2D eigenvalue weighted by Gasteiger charge is -2.25. The zero-order chi connectivity index (χ0) is 16.1. The average Bonchev–Trinajstić information content (AvgIpc) is 3.25. The van der Waals surface area contributed by atoms with Crippen molar-refractivity contribution < 1.29 is 9.53 Å². The fourth-order valence-electron chi connectivity index (χ4n) is 2.87. The molecule has 1 unspecified atom stereocenters. The van der Waals surface area contributed by atoms with Crippen LogP contribution in [0.5, 0.6) is 5.75 Å². The van der Waals surface area contributed by atoms with Crippen molar-refractivity contribution in [3.8, 4) is 5.75 Å². The van der Waals surface area contributed by atoms with Crippen LogP contribution in [0.15, 0.2) is 36.0 Å². The number of rotatable bonds is 6. The molecule has 0 radical (unpaired) electrons. The SMILES string of the molecule is COc1ccsc1C(=O)N(Cc1cccnc1)CC1CCNC1. The fraction of sp³-hybridized carbons (Fsp3) is 0.412. The Hall–Kier alpha value is -1.92. The first-order valence-electron chi connectivity index (χ1n) is 7.78. The normalized spacial score (nSPS) is 17.2. The highest BCUT2D eigenvalue weighted by Crippen LogP contribution is 2.27. The highest BCUT2D eigenvalue weighted by molar-refractivity contribution is 7.12. The van der Waals surface area contributed by atoms with Crippen molar-refractivity contribution >= 4 is 17.2 Å². The van der Waals surface area contributed by atoms with Crippen molar-refractivity contribution in [1.29, 1.82) is 0 Å². The maximum absolute atomic E-state index is 13.0. The molecule has 0 bridgehead atoms. The predicted octanol–water partition coefficient (Wildman–Crippen LogP) is 2.40. The third kappa shape index (κ3) is 3.89. The van der Waals surface area contributed by atoms with Gasteiger partial charge in [0.25, 0.3) is 5.91 Å². The Labute approximate surface area is 140 Å². The van der Waals surface area contributed by atoms with Crippen LogP contribution < -0.4 is 10.1 Å². The molecule has 0 saturated carbocycles. The van der Waals surface area contributed by atoms with Gasteiger partial charge in [-0.2, -0.15) is 0 Å². The number of pyridine rings is 1. The van der Waals surface area contributed by atoms with E-state index in [0.717, 1.165) is 31.6 Å². The first kappa shape index (κ1) is 16.0. The van der Waals surface area contributed by atoms with Gasteiger partial charge >= 0.3 is 0 Å². The molecule has 3 rings (SSSR count). The Balaban J connectivity index is 1.80. The van der Waals surface area contributed by atoms with Crippen molar-refractivity contribution in [2.24, 2.45) is 5.92 Å². The van der Waals surface area contributed by atoms with Gasteiger partial charge in [-0.1, -0.05) is 6.07 Å². The number of hydrogen-bond donors (Lipinski definition) is 1. The molecule has 2 aromatic rings. The average molecular weight is 331 g/mol. The van der Waals surface area contributed by atoms with E-state index in [4.69, 9.17) is 4.74 Å². The Morgan fingerprint density at radius 2 is 2.43 bits per heavy atom. The van der Waals surface area contributed by atoms with Crippen molar-refractivity contribution in [1.82, 2.24) is 15.2 Å². The molecule has 1 aliphatic heterocycles. The number of ether oxygens (including phenoxy) is 1. The molecule has 0 spiro atoms. The summed E-state index contributed by atoms with van der Waals surface area (Å²) in [6.45, 7) is 3.33. The monoisotopic (exact) mass is 331 g/mol. The minimum absolute atomic E-state index is 0.0348. The van der Waals surface area contributed by atoms with E-state index in [9.17, 15) is 4.79 Å². The van der Waals surface area contributed by atoms with Gasteiger partial charge in [0, 0.05) is 25.5 Å². The third-order valence-corrected chi connectivity index (χ3v) is 4.95. The lowest BCUT2D eigenvalue weighted by molar-refractivity contribution is 0.0720.